The quantitative estimate of drug-likeness (QED) is 0.677. The summed E-state index contributed by atoms with van der Waals surface area (Å²) in [7, 11) is 1.80. The average molecular weight is 198 g/mol. The van der Waals surface area contributed by atoms with Gasteiger partial charge in [0.2, 0.25) is 5.91 Å². The van der Waals surface area contributed by atoms with Gasteiger partial charge in [0.15, 0.2) is 0 Å². The van der Waals surface area contributed by atoms with Gasteiger partial charge in [0, 0.05) is 19.6 Å². The van der Waals surface area contributed by atoms with Crippen LogP contribution in [0.25, 0.3) is 0 Å². The summed E-state index contributed by atoms with van der Waals surface area (Å²) < 4.78 is 0. The SMILES string of the molecule is C=C(C)CN(C)C(=O)C(C)NC(C)C. The zero-order valence-corrected chi connectivity index (χ0v) is 9.92. The van der Waals surface area contributed by atoms with E-state index in [0.717, 1.165) is 5.57 Å². The molecule has 0 saturated carbocycles. The van der Waals surface area contributed by atoms with Crippen molar-refractivity contribution in [3.63, 3.8) is 0 Å². The maximum Gasteiger partial charge on any atom is 0.239 e. The van der Waals surface area contributed by atoms with Gasteiger partial charge in [-0.05, 0) is 13.8 Å². The van der Waals surface area contributed by atoms with Crippen LogP contribution in [-0.4, -0.2) is 36.5 Å². The molecule has 14 heavy (non-hydrogen) atoms. The lowest BCUT2D eigenvalue weighted by atomic mass is 10.2. The number of likely N-dealkylation sites (N-methyl/N-ethyl adjacent to an activating group) is 1. The fraction of sp³-hybridized carbons (Fsp3) is 0.727. The van der Waals surface area contributed by atoms with E-state index in [1.54, 1.807) is 11.9 Å². The molecule has 0 aliphatic rings. The minimum Gasteiger partial charge on any atom is -0.340 e. The van der Waals surface area contributed by atoms with Gasteiger partial charge in [-0.3, -0.25) is 4.79 Å². The molecule has 1 N–H and O–H groups in total. The van der Waals surface area contributed by atoms with Crippen molar-refractivity contribution in [2.45, 2.75) is 39.8 Å². The minimum absolute atomic E-state index is 0.113. The maximum atomic E-state index is 11.7. The van der Waals surface area contributed by atoms with Crippen LogP contribution in [0.5, 0.6) is 0 Å². The lowest BCUT2D eigenvalue weighted by Crippen LogP contribution is -2.45. The predicted octanol–water partition coefficient (Wildman–Crippen LogP) is 1.41. The highest BCUT2D eigenvalue weighted by Gasteiger charge is 2.17. The third kappa shape index (κ3) is 5.02. The van der Waals surface area contributed by atoms with Gasteiger partial charge in [-0.2, -0.15) is 0 Å². The van der Waals surface area contributed by atoms with Crippen molar-refractivity contribution in [3.05, 3.63) is 12.2 Å². The largest absolute Gasteiger partial charge is 0.340 e. The van der Waals surface area contributed by atoms with E-state index in [1.807, 2.05) is 27.7 Å². The molecule has 0 rings (SSSR count). The second-order valence-electron chi connectivity index (χ2n) is 4.19. The van der Waals surface area contributed by atoms with Crippen molar-refractivity contribution in [1.29, 1.82) is 0 Å². The van der Waals surface area contributed by atoms with Crippen LogP contribution in [0.15, 0.2) is 12.2 Å². The van der Waals surface area contributed by atoms with Crippen molar-refractivity contribution >= 4 is 5.91 Å². The van der Waals surface area contributed by atoms with Crippen LogP contribution in [0.4, 0.5) is 0 Å². The highest BCUT2D eigenvalue weighted by Crippen LogP contribution is 1.97. The Morgan fingerprint density at radius 2 is 1.93 bits per heavy atom. The van der Waals surface area contributed by atoms with E-state index in [4.69, 9.17) is 0 Å². The van der Waals surface area contributed by atoms with Crippen molar-refractivity contribution in [1.82, 2.24) is 10.2 Å². The van der Waals surface area contributed by atoms with E-state index in [1.165, 1.54) is 0 Å². The number of carbonyl (C=O) groups excluding carboxylic acids is 1. The van der Waals surface area contributed by atoms with Crippen LogP contribution >= 0.6 is 0 Å². The third-order valence-electron chi connectivity index (χ3n) is 1.84. The van der Waals surface area contributed by atoms with Crippen LogP contribution in [0.3, 0.4) is 0 Å². The lowest BCUT2D eigenvalue weighted by molar-refractivity contribution is -0.131. The van der Waals surface area contributed by atoms with Crippen molar-refractivity contribution in [3.8, 4) is 0 Å². The molecular formula is C11H22N2O. The summed E-state index contributed by atoms with van der Waals surface area (Å²) in [6.45, 7) is 12.3. The van der Waals surface area contributed by atoms with Gasteiger partial charge in [-0.1, -0.05) is 26.0 Å². The number of nitrogens with zero attached hydrogens (tertiary/aromatic N) is 1. The molecule has 0 spiro atoms. The Bertz CT molecular complexity index is 211. The first kappa shape index (κ1) is 13.2. The summed E-state index contributed by atoms with van der Waals surface area (Å²) in [5.74, 6) is 0.113. The first-order valence-corrected chi connectivity index (χ1v) is 5.00. The summed E-state index contributed by atoms with van der Waals surface area (Å²) in [6.07, 6.45) is 0. The Kier molecular flexibility index (Phi) is 5.46. The van der Waals surface area contributed by atoms with Crippen LogP contribution < -0.4 is 5.32 Å². The van der Waals surface area contributed by atoms with Gasteiger partial charge in [0.25, 0.3) is 0 Å². The summed E-state index contributed by atoms with van der Waals surface area (Å²) >= 11 is 0. The standard InChI is InChI=1S/C11H22N2O/c1-8(2)7-13(6)11(14)10(5)12-9(3)4/h9-10,12H,1,7H2,2-6H3. The number of carbonyl (C=O) groups is 1. The molecule has 0 saturated heterocycles. The first-order valence-electron chi connectivity index (χ1n) is 5.00. The van der Waals surface area contributed by atoms with Crippen molar-refractivity contribution in [2.24, 2.45) is 0 Å². The zero-order valence-electron chi connectivity index (χ0n) is 9.92. The fourth-order valence-corrected chi connectivity index (χ4v) is 1.38. The highest BCUT2D eigenvalue weighted by atomic mass is 16.2. The van der Waals surface area contributed by atoms with Crippen LogP contribution in [0.2, 0.25) is 0 Å². The molecule has 82 valence electrons. The Balaban J connectivity index is 4.10. The molecule has 0 aromatic heterocycles. The Morgan fingerprint density at radius 1 is 1.43 bits per heavy atom. The summed E-state index contributed by atoms with van der Waals surface area (Å²) in [5, 5.41) is 3.18. The Labute approximate surface area is 87.2 Å². The number of nitrogens with one attached hydrogen (secondary N) is 1. The Hall–Kier alpha value is -0.830. The molecule has 1 amide bonds. The number of hydrogen-bond acceptors (Lipinski definition) is 2. The normalized spacial score (nSPS) is 12.7. The fourth-order valence-electron chi connectivity index (χ4n) is 1.38. The predicted molar refractivity (Wildman–Crippen MR) is 60.2 cm³/mol. The van der Waals surface area contributed by atoms with Gasteiger partial charge >= 0.3 is 0 Å². The molecule has 0 aliphatic heterocycles. The number of rotatable bonds is 5. The van der Waals surface area contributed by atoms with Gasteiger partial charge in [0.1, 0.15) is 0 Å². The number of hydrogen-bond donors (Lipinski definition) is 1. The molecule has 3 heteroatoms. The van der Waals surface area contributed by atoms with E-state index < -0.39 is 0 Å². The molecule has 0 fully saturated rings. The highest BCUT2D eigenvalue weighted by molar-refractivity contribution is 5.81. The molecule has 0 heterocycles. The monoisotopic (exact) mass is 198 g/mol. The van der Waals surface area contributed by atoms with Crippen molar-refractivity contribution in [2.75, 3.05) is 13.6 Å². The molecule has 0 bridgehead atoms. The molecule has 1 atom stereocenters. The second-order valence-corrected chi connectivity index (χ2v) is 4.19. The van der Waals surface area contributed by atoms with Crippen LogP contribution in [0, 0.1) is 0 Å². The Morgan fingerprint density at radius 3 is 2.29 bits per heavy atom. The van der Waals surface area contributed by atoms with E-state index in [-0.39, 0.29) is 11.9 Å². The van der Waals surface area contributed by atoms with Gasteiger partial charge in [-0.25, -0.2) is 0 Å². The molecule has 0 aliphatic carbocycles. The van der Waals surface area contributed by atoms with E-state index in [0.29, 0.717) is 12.6 Å². The molecule has 0 aromatic rings. The van der Waals surface area contributed by atoms with E-state index >= 15 is 0 Å². The van der Waals surface area contributed by atoms with E-state index in [2.05, 4.69) is 11.9 Å². The van der Waals surface area contributed by atoms with Gasteiger partial charge in [0.05, 0.1) is 6.04 Å². The number of amides is 1. The minimum atomic E-state index is -0.126. The summed E-state index contributed by atoms with van der Waals surface area (Å²) in [6, 6.07) is 0.200. The van der Waals surface area contributed by atoms with E-state index in [9.17, 15) is 4.79 Å². The van der Waals surface area contributed by atoms with Crippen molar-refractivity contribution < 1.29 is 4.79 Å². The summed E-state index contributed by atoms with van der Waals surface area (Å²) in [4.78, 5) is 13.4. The lowest BCUT2D eigenvalue weighted by Gasteiger charge is -2.23. The maximum absolute atomic E-state index is 11.7. The van der Waals surface area contributed by atoms with Gasteiger partial charge in [-0.15, -0.1) is 0 Å². The third-order valence-corrected chi connectivity index (χ3v) is 1.84. The molecular weight excluding hydrogens is 176 g/mol. The van der Waals surface area contributed by atoms with Gasteiger partial charge < -0.3 is 10.2 Å². The second kappa shape index (κ2) is 5.81. The average Bonchev–Trinajstić information content (AvgIpc) is 2.00. The zero-order chi connectivity index (χ0) is 11.3. The molecule has 0 aromatic carbocycles. The van der Waals surface area contributed by atoms with Crippen LogP contribution in [0.1, 0.15) is 27.7 Å². The first-order chi connectivity index (χ1) is 6.34. The van der Waals surface area contributed by atoms with Crippen LogP contribution in [-0.2, 0) is 4.79 Å². The smallest absolute Gasteiger partial charge is 0.239 e. The summed E-state index contributed by atoms with van der Waals surface area (Å²) in [5.41, 5.74) is 0.998. The topological polar surface area (TPSA) is 32.3 Å². The molecule has 1 unspecified atom stereocenters. The molecule has 3 nitrogen and oxygen atoms in total. The molecule has 0 radical (unpaired) electrons.